The summed E-state index contributed by atoms with van der Waals surface area (Å²) in [5.41, 5.74) is 1.08. The normalized spacial score (nSPS) is 8.92. The highest BCUT2D eigenvalue weighted by Crippen LogP contribution is 2.11. The Hall–Kier alpha value is -3.80. The zero-order valence-electron chi connectivity index (χ0n) is 13.8. The van der Waals surface area contributed by atoms with Crippen LogP contribution in [0.2, 0.25) is 0 Å². The molecule has 0 aromatic heterocycles. The van der Waals surface area contributed by atoms with Gasteiger partial charge in [0.15, 0.2) is 0 Å². The molecule has 2 rings (SSSR count). The molecule has 0 radical (unpaired) electrons. The smallest absolute Gasteiger partial charge is 0.335 e. The highest BCUT2D eigenvalue weighted by atomic mass is 16.5. The first-order valence-electron chi connectivity index (χ1n) is 7.31. The molecule has 2 aromatic carbocycles. The van der Waals surface area contributed by atoms with Crippen LogP contribution in [0, 0.1) is 0 Å². The average Bonchev–Trinajstić information content (AvgIpc) is 2.69. The molecule has 6 nitrogen and oxygen atoms in total. The topological polar surface area (TPSA) is 86.7 Å². The second kappa shape index (κ2) is 10.9. The Morgan fingerprint density at radius 1 is 0.654 bits per heavy atom. The Bertz CT molecular complexity index is 719. The molecule has 2 aromatic rings. The minimum Gasteiger partial charge on any atom is -0.423 e. The number of rotatable bonds is 6. The van der Waals surface area contributed by atoms with Crippen molar-refractivity contribution in [2.24, 2.45) is 0 Å². The van der Waals surface area contributed by atoms with Gasteiger partial charge < -0.3 is 9.47 Å². The van der Waals surface area contributed by atoms with Crippen molar-refractivity contribution >= 4 is 24.5 Å². The van der Waals surface area contributed by atoms with Crippen molar-refractivity contribution in [1.29, 1.82) is 0 Å². The molecule has 0 fully saturated rings. The van der Waals surface area contributed by atoms with E-state index in [2.05, 4.69) is 13.2 Å². The van der Waals surface area contributed by atoms with E-state index in [0.717, 1.165) is 24.7 Å². The SMILES string of the molecule is C=CC(=O)Oc1ccc(C=O)cc1.C=CC(=O)Oc1ccc(C=O)cc1. The summed E-state index contributed by atoms with van der Waals surface area (Å²) >= 11 is 0. The maximum Gasteiger partial charge on any atom is 0.335 e. The molecule has 0 amide bonds. The third-order valence-corrected chi connectivity index (χ3v) is 2.80. The maximum atomic E-state index is 10.7. The first-order valence-corrected chi connectivity index (χ1v) is 7.31. The van der Waals surface area contributed by atoms with Gasteiger partial charge in [0, 0.05) is 23.3 Å². The molecule has 0 N–H and O–H groups in total. The van der Waals surface area contributed by atoms with Crippen LogP contribution in [0.15, 0.2) is 73.8 Å². The molecule has 26 heavy (non-hydrogen) atoms. The summed E-state index contributed by atoms with van der Waals surface area (Å²) < 4.78 is 9.58. The van der Waals surface area contributed by atoms with E-state index in [9.17, 15) is 19.2 Å². The molecule has 0 atom stereocenters. The zero-order chi connectivity index (χ0) is 19.4. The Kier molecular flexibility index (Phi) is 8.47. The van der Waals surface area contributed by atoms with Gasteiger partial charge in [0.25, 0.3) is 0 Å². The molecule has 0 aliphatic rings. The summed E-state index contributed by atoms with van der Waals surface area (Å²) in [7, 11) is 0. The third-order valence-electron chi connectivity index (χ3n) is 2.80. The Labute approximate surface area is 150 Å². The molecule has 0 spiro atoms. The molecule has 0 bridgehead atoms. The number of hydrogen-bond donors (Lipinski definition) is 0. The first kappa shape index (κ1) is 20.2. The molecular formula is C20H16O6. The predicted molar refractivity (Wildman–Crippen MR) is 95.3 cm³/mol. The number of esters is 2. The maximum absolute atomic E-state index is 10.7. The van der Waals surface area contributed by atoms with E-state index < -0.39 is 11.9 Å². The van der Waals surface area contributed by atoms with Gasteiger partial charge in [-0.05, 0) is 48.5 Å². The number of ether oxygens (including phenoxy) is 2. The number of hydrogen-bond acceptors (Lipinski definition) is 6. The van der Waals surface area contributed by atoms with Crippen LogP contribution in [0.25, 0.3) is 0 Å². The van der Waals surface area contributed by atoms with E-state index in [-0.39, 0.29) is 0 Å². The summed E-state index contributed by atoms with van der Waals surface area (Å²) in [5, 5.41) is 0. The van der Waals surface area contributed by atoms with Gasteiger partial charge in [-0.3, -0.25) is 9.59 Å². The highest BCUT2D eigenvalue weighted by Gasteiger charge is 1.99. The Balaban J connectivity index is 0.000000260. The first-order chi connectivity index (χ1) is 12.5. The predicted octanol–water partition coefficient (Wildman–Crippen LogP) is 3.18. The van der Waals surface area contributed by atoms with Crippen LogP contribution in [0.3, 0.4) is 0 Å². The van der Waals surface area contributed by atoms with Crippen LogP contribution in [-0.4, -0.2) is 24.5 Å². The van der Waals surface area contributed by atoms with Crippen molar-refractivity contribution in [3.8, 4) is 11.5 Å². The molecule has 0 unspecified atom stereocenters. The highest BCUT2D eigenvalue weighted by molar-refractivity contribution is 5.84. The van der Waals surface area contributed by atoms with Crippen molar-refractivity contribution in [3.63, 3.8) is 0 Å². The molecule has 132 valence electrons. The number of benzene rings is 2. The van der Waals surface area contributed by atoms with Gasteiger partial charge >= 0.3 is 11.9 Å². The van der Waals surface area contributed by atoms with Crippen LogP contribution < -0.4 is 9.47 Å². The molecule has 0 heterocycles. The third kappa shape index (κ3) is 7.18. The summed E-state index contributed by atoms with van der Waals surface area (Å²) in [6.07, 6.45) is 3.60. The monoisotopic (exact) mass is 352 g/mol. The number of carbonyl (C=O) groups is 4. The van der Waals surface area contributed by atoms with Gasteiger partial charge in [-0.15, -0.1) is 0 Å². The van der Waals surface area contributed by atoms with Crippen molar-refractivity contribution in [2.45, 2.75) is 0 Å². The molecule has 0 aliphatic carbocycles. The fourth-order valence-electron chi connectivity index (χ4n) is 1.54. The van der Waals surface area contributed by atoms with E-state index in [1.165, 1.54) is 0 Å². The summed E-state index contributed by atoms with van der Waals surface area (Å²) in [6.45, 7) is 6.52. The second-order valence-corrected chi connectivity index (χ2v) is 4.62. The Morgan fingerprint density at radius 3 is 1.19 bits per heavy atom. The molecule has 0 saturated heterocycles. The second-order valence-electron chi connectivity index (χ2n) is 4.62. The van der Waals surface area contributed by atoms with Gasteiger partial charge in [0.1, 0.15) is 24.1 Å². The van der Waals surface area contributed by atoms with Crippen LogP contribution in [0.1, 0.15) is 20.7 Å². The summed E-state index contributed by atoms with van der Waals surface area (Å²) in [6, 6.07) is 12.5. The number of aldehydes is 2. The molecular weight excluding hydrogens is 336 g/mol. The summed E-state index contributed by atoms with van der Waals surface area (Å²) in [4.78, 5) is 42.0. The van der Waals surface area contributed by atoms with Gasteiger partial charge in [-0.1, -0.05) is 13.2 Å². The van der Waals surface area contributed by atoms with Crippen LogP contribution in [0.5, 0.6) is 11.5 Å². The zero-order valence-corrected chi connectivity index (χ0v) is 13.8. The lowest BCUT2D eigenvalue weighted by atomic mass is 10.2. The lowest BCUT2D eigenvalue weighted by molar-refractivity contribution is -0.129. The standard InChI is InChI=1S/2C10H8O3/c2*1-2-10(12)13-9-5-3-8(7-11)4-6-9/h2*2-7H,1H2. The van der Waals surface area contributed by atoms with Crippen LogP contribution >= 0.6 is 0 Å². The molecule has 6 heteroatoms. The van der Waals surface area contributed by atoms with Gasteiger partial charge in [0.2, 0.25) is 0 Å². The quantitative estimate of drug-likeness (QED) is 0.343. The van der Waals surface area contributed by atoms with Crippen LogP contribution in [-0.2, 0) is 9.59 Å². The van der Waals surface area contributed by atoms with Crippen molar-refractivity contribution in [2.75, 3.05) is 0 Å². The lowest BCUT2D eigenvalue weighted by Gasteiger charge is -1.99. The van der Waals surface area contributed by atoms with Gasteiger partial charge in [-0.25, -0.2) is 9.59 Å². The Morgan fingerprint density at radius 2 is 0.962 bits per heavy atom. The molecule has 0 aliphatic heterocycles. The van der Waals surface area contributed by atoms with E-state index in [1.54, 1.807) is 48.5 Å². The van der Waals surface area contributed by atoms with Crippen molar-refractivity contribution < 1.29 is 28.7 Å². The van der Waals surface area contributed by atoms with E-state index >= 15 is 0 Å². The molecule has 0 saturated carbocycles. The fraction of sp³-hybridized carbons (Fsp3) is 0. The minimum absolute atomic E-state index is 0.399. The van der Waals surface area contributed by atoms with E-state index in [1.807, 2.05) is 0 Å². The fourth-order valence-corrected chi connectivity index (χ4v) is 1.54. The lowest BCUT2D eigenvalue weighted by Crippen LogP contribution is -2.02. The van der Waals surface area contributed by atoms with Gasteiger partial charge in [-0.2, -0.15) is 0 Å². The van der Waals surface area contributed by atoms with Crippen molar-refractivity contribution in [3.05, 3.63) is 85.0 Å². The van der Waals surface area contributed by atoms with Crippen LogP contribution in [0.4, 0.5) is 0 Å². The minimum atomic E-state index is -0.515. The van der Waals surface area contributed by atoms with Crippen molar-refractivity contribution in [1.82, 2.24) is 0 Å². The van der Waals surface area contributed by atoms with E-state index in [4.69, 9.17) is 9.47 Å². The summed E-state index contributed by atoms with van der Waals surface area (Å²) in [5.74, 6) is -0.233. The average molecular weight is 352 g/mol. The van der Waals surface area contributed by atoms with E-state index in [0.29, 0.717) is 22.6 Å². The largest absolute Gasteiger partial charge is 0.423 e. The van der Waals surface area contributed by atoms with Gasteiger partial charge in [0.05, 0.1) is 0 Å². The number of carbonyl (C=O) groups excluding carboxylic acids is 4.